The van der Waals surface area contributed by atoms with Gasteiger partial charge in [-0.3, -0.25) is 0 Å². The maximum Gasteiger partial charge on any atom is 0.573 e. The van der Waals surface area contributed by atoms with E-state index in [1.54, 1.807) is 6.07 Å². The van der Waals surface area contributed by atoms with Crippen LogP contribution in [0.15, 0.2) is 24.4 Å². The highest BCUT2D eigenvalue weighted by Gasteiger charge is 2.32. The topological polar surface area (TPSA) is 25.0 Å². The maximum absolute atomic E-state index is 12.4. The van der Waals surface area contributed by atoms with E-state index in [2.05, 4.69) is 16.6 Å². The van der Waals surface area contributed by atoms with Crippen molar-refractivity contribution >= 4 is 10.9 Å². The van der Waals surface area contributed by atoms with Gasteiger partial charge in [-0.1, -0.05) is 31.9 Å². The monoisotopic (exact) mass is 297 g/mol. The van der Waals surface area contributed by atoms with Crippen LogP contribution < -0.4 is 4.74 Å². The Labute approximate surface area is 121 Å². The molecule has 2 aromatic rings. The number of alkyl halides is 3. The number of hydrogen-bond acceptors (Lipinski definition) is 1. The Kier molecular flexibility index (Phi) is 3.59. The van der Waals surface area contributed by atoms with Crippen molar-refractivity contribution in [1.82, 2.24) is 4.98 Å². The molecule has 114 valence electrons. The zero-order valence-corrected chi connectivity index (χ0v) is 11.8. The molecule has 1 aromatic carbocycles. The number of fused-ring (bicyclic) bond motifs is 1. The summed E-state index contributed by atoms with van der Waals surface area (Å²) in [5.74, 6) is 1.02. The highest BCUT2D eigenvalue weighted by atomic mass is 19.4. The highest BCUT2D eigenvalue weighted by Crippen LogP contribution is 2.40. The number of benzene rings is 1. The second-order valence-electron chi connectivity index (χ2n) is 5.93. The number of hydrogen-bond donors (Lipinski definition) is 1. The Hall–Kier alpha value is -1.65. The molecule has 2 nitrogen and oxygen atoms in total. The average Bonchev–Trinajstić information content (AvgIpc) is 2.83. The van der Waals surface area contributed by atoms with Gasteiger partial charge in [-0.2, -0.15) is 0 Å². The smallest absolute Gasteiger partial charge is 0.404 e. The standard InChI is InChI=1S/C16H18F3NO/c1-10-5-7-11(8-6-10)13-9-20-15-12(13)3-2-4-14(15)21-16(17,18)19/h2-4,9-11,20H,5-8H2,1H3. The fraction of sp³-hybridized carbons (Fsp3) is 0.500. The number of rotatable bonds is 2. The first kappa shape index (κ1) is 14.3. The molecule has 21 heavy (non-hydrogen) atoms. The fourth-order valence-corrected chi connectivity index (χ4v) is 3.27. The predicted octanol–water partition coefficient (Wildman–Crippen LogP) is 5.36. The summed E-state index contributed by atoms with van der Waals surface area (Å²) in [4.78, 5) is 2.96. The lowest BCUT2D eigenvalue weighted by molar-refractivity contribution is -0.274. The predicted molar refractivity (Wildman–Crippen MR) is 75.4 cm³/mol. The van der Waals surface area contributed by atoms with E-state index in [9.17, 15) is 13.2 Å². The van der Waals surface area contributed by atoms with E-state index in [0.29, 0.717) is 11.4 Å². The minimum atomic E-state index is -4.67. The van der Waals surface area contributed by atoms with Crippen molar-refractivity contribution in [3.05, 3.63) is 30.0 Å². The first-order valence-corrected chi connectivity index (χ1v) is 7.30. The van der Waals surface area contributed by atoms with Crippen LogP contribution in [0, 0.1) is 5.92 Å². The molecule has 3 rings (SSSR count). The van der Waals surface area contributed by atoms with Crippen LogP contribution in [0.3, 0.4) is 0 Å². The van der Waals surface area contributed by atoms with Crippen molar-refractivity contribution in [3.8, 4) is 5.75 Å². The number of aromatic nitrogens is 1. The molecule has 1 fully saturated rings. The summed E-state index contributed by atoms with van der Waals surface area (Å²) in [6, 6.07) is 4.83. The van der Waals surface area contributed by atoms with Crippen molar-refractivity contribution < 1.29 is 17.9 Å². The molecule has 1 N–H and O–H groups in total. The molecule has 0 aliphatic heterocycles. The summed E-state index contributed by atoms with van der Waals surface area (Å²) < 4.78 is 41.4. The van der Waals surface area contributed by atoms with Crippen LogP contribution in [0.25, 0.3) is 10.9 Å². The number of nitrogens with one attached hydrogen (secondary N) is 1. The summed E-state index contributed by atoms with van der Waals surface area (Å²) in [6.45, 7) is 2.25. The zero-order chi connectivity index (χ0) is 15.0. The minimum absolute atomic E-state index is 0.157. The van der Waals surface area contributed by atoms with Crippen LogP contribution in [-0.2, 0) is 0 Å². The van der Waals surface area contributed by atoms with E-state index in [4.69, 9.17) is 0 Å². The Morgan fingerprint density at radius 2 is 1.86 bits per heavy atom. The summed E-state index contributed by atoms with van der Waals surface area (Å²) in [5.41, 5.74) is 1.55. The third-order valence-corrected chi connectivity index (χ3v) is 4.39. The third kappa shape index (κ3) is 3.01. The van der Waals surface area contributed by atoms with Crippen LogP contribution in [0.5, 0.6) is 5.75 Å². The largest absolute Gasteiger partial charge is 0.573 e. The quantitative estimate of drug-likeness (QED) is 0.793. The number of H-pyrrole nitrogens is 1. The summed E-state index contributed by atoms with van der Waals surface area (Å²) >= 11 is 0. The van der Waals surface area contributed by atoms with E-state index in [0.717, 1.165) is 29.7 Å². The van der Waals surface area contributed by atoms with Gasteiger partial charge >= 0.3 is 6.36 Å². The Morgan fingerprint density at radius 1 is 1.14 bits per heavy atom. The van der Waals surface area contributed by atoms with E-state index in [1.807, 2.05) is 12.3 Å². The lowest BCUT2D eigenvalue weighted by Gasteiger charge is -2.26. The van der Waals surface area contributed by atoms with E-state index in [1.165, 1.54) is 18.9 Å². The van der Waals surface area contributed by atoms with Gasteiger partial charge in [-0.05, 0) is 36.3 Å². The molecule has 0 bridgehead atoms. The van der Waals surface area contributed by atoms with E-state index in [-0.39, 0.29) is 5.75 Å². The molecular formula is C16H18F3NO. The molecule has 0 atom stereocenters. The van der Waals surface area contributed by atoms with Crippen LogP contribution in [0.2, 0.25) is 0 Å². The van der Waals surface area contributed by atoms with Crippen molar-refractivity contribution in [2.45, 2.75) is 44.9 Å². The second kappa shape index (κ2) is 5.28. The van der Waals surface area contributed by atoms with Crippen molar-refractivity contribution in [1.29, 1.82) is 0 Å². The Balaban J connectivity index is 1.94. The molecule has 0 saturated heterocycles. The molecule has 0 radical (unpaired) electrons. The molecule has 1 heterocycles. The number of para-hydroxylation sites is 1. The van der Waals surface area contributed by atoms with Gasteiger partial charge in [-0.15, -0.1) is 13.2 Å². The first-order chi connectivity index (χ1) is 9.94. The van der Waals surface area contributed by atoms with E-state index >= 15 is 0 Å². The van der Waals surface area contributed by atoms with Gasteiger partial charge in [0.2, 0.25) is 0 Å². The number of halogens is 3. The number of ether oxygens (including phenoxy) is 1. The molecule has 5 heteroatoms. The summed E-state index contributed by atoms with van der Waals surface area (Å²) in [6.07, 6.45) is 1.72. The Morgan fingerprint density at radius 3 is 2.52 bits per heavy atom. The molecule has 0 spiro atoms. The molecule has 1 aliphatic carbocycles. The minimum Gasteiger partial charge on any atom is -0.404 e. The van der Waals surface area contributed by atoms with Crippen molar-refractivity contribution in [2.75, 3.05) is 0 Å². The normalized spacial score (nSPS) is 23.4. The molecular weight excluding hydrogens is 279 g/mol. The SMILES string of the molecule is CC1CCC(c2c[nH]c3c(OC(F)(F)F)cccc23)CC1. The molecule has 1 aromatic heterocycles. The van der Waals surface area contributed by atoms with Gasteiger partial charge in [0.25, 0.3) is 0 Å². The fourth-order valence-electron chi connectivity index (χ4n) is 3.27. The van der Waals surface area contributed by atoms with Gasteiger partial charge in [0, 0.05) is 11.6 Å². The third-order valence-electron chi connectivity index (χ3n) is 4.39. The summed E-state index contributed by atoms with van der Waals surface area (Å²) in [7, 11) is 0. The number of aromatic amines is 1. The van der Waals surface area contributed by atoms with Gasteiger partial charge in [0.05, 0.1) is 5.52 Å². The lowest BCUT2D eigenvalue weighted by atomic mass is 9.79. The van der Waals surface area contributed by atoms with Gasteiger partial charge in [-0.25, -0.2) is 0 Å². The maximum atomic E-state index is 12.4. The van der Waals surface area contributed by atoms with Gasteiger partial charge < -0.3 is 9.72 Å². The zero-order valence-electron chi connectivity index (χ0n) is 11.8. The highest BCUT2D eigenvalue weighted by molar-refractivity contribution is 5.88. The van der Waals surface area contributed by atoms with Gasteiger partial charge in [0.15, 0.2) is 5.75 Å². The van der Waals surface area contributed by atoms with E-state index < -0.39 is 6.36 Å². The Bertz CT molecular complexity index is 624. The second-order valence-corrected chi connectivity index (χ2v) is 5.93. The molecule has 0 amide bonds. The van der Waals surface area contributed by atoms with Crippen LogP contribution in [0.4, 0.5) is 13.2 Å². The summed E-state index contributed by atoms with van der Waals surface area (Å²) in [5, 5.41) is 0.844. The first-order valence-electron chi connectivity index (χ1n) is 7.30. The molecule has 0 unspecified atom stereocenters. The van der Waals surface area contributed by atoms with Gasteiger partial charge in [0.1, 0.15) is 0 Å². The van der Waals surface area contributed by atoms with Crippen LogP contribution >= 0.6 is 0 Å². The average molecular weight is 297 g/mol. The van der Waals surface area contributed by atoms with Crippen LogP contribution in [-0.4, -0.2) is 11.3 Å². The molecule has 1 saturated carbocycles. The lowest BCUT2D eigenvalue weighted by Crippen LogP contribution is -2.17. The van der Waals surface area contributed by atoms with Crippen LogP contribution in [0.1, 0.15) is 44.1 Å². The molecule has 1 aliphatic rings. The van der Waals surface area contributed by atoms with Crippen molar-refractivity contribution in [2.24, 2.45) is 5.92 Å². The van der Waals surface area contributed by atoms with Crippen molar-refractivity contribution in [3.63, 3.8) is 0 Å².